The Kier molecular flexibility index (Phi) is 4.62. The summed E-state index contributed by atoms with van der Waals surface area (Å²) in [5, 5.41) is 2.06. The molecule has 0 unspecified atom stereocenters. The Morgan fingerprint density at radius 2 is 1.91 bits per heavy atom. The van der Waals surface area contributed by atoms with Crippen LogP contribution in [-0.2, 0) is 9.84 Å². The number of aromatic nitrogens is 2. The number of nitrogens with zero attached hydrogens (tertiary/aromatic N) is 2. The largest absolute Gasteiger partial charge is 0.497 e. The second kappa shape index (κ2) is 6.29. The minimum Gasteiger partial charge on any atom is -0.497 e. The normalized spacial score (nSPS) is 11.0. The van der Waals surface area contributed by atoms with Crippen molar-refractivity contribution in [2.24, 2.45) is 0 Å². The molecule has 1 amide bonds. The van der Waals surface area contributed by atoms with Crippen LogP contribution in [0.4, 0.5) is 5.69 Å². The molecule has 1 aromatic carbocycles. The molecule has 116 valence electrons. The van der Waals surface area contributed by atoms with Crippen molar-refractivity contribution in [3.05, 3.63) is 41.2 Å². The zero-order valence-corrected chi connectivity index (χ0v) is 13.3. The number of hydrogen-bond donors (Lipinski definition) is 1. The Morgan fingerprint density at radius 1 is 1.27 bits per heavy atom. The van der Waals surface area contributed by atoms with Crippen LogP contribution in [0.25, 0.3) is 0 Å². The standard InChI is InChI=1S/C13H12ClN3O4S/c1-21-9-5-3-8(4-6-9)16-12(18)11-10(14)7-15-13(17-11)22(2,19)20/h3-7H,1-2H3,(H,16,18). The van der Waals surface area contributed by atoms with Crippen LogP contribution in [0.2, 0.25) is 5.02 Å². The quantitative estimate of drug-likeness (QED) is 0.851. The van der Waals surface area contributed by atoms with E-state index in [0.29, 0.717) is 11.4 Å². The number of methoxy groups -OCH3 is 1. The molecule has 0 saturated heterocycles. The molecule has 0 saturated carbocycles. The molecule has 0 fully saturated rings. The Labute approximate surface area is 132 Å². The van der Waals surface area contributed by atoms with E-state index < -0.39 is 20.9 Å². The third-order valence-electron chi connectivity index (χ3n) is 2.62. The third kappa shape index (κ3) is 3.71. The highest BCUT2D eigenvalue weighted by Gasteiger charge is 2.19. The number of hydrogen-bond acceptors (Lipinski definition) is 6. The summed E-state index contributed by atoms with van der Waals surface area (Å²) in [7, 11) is -2.11. The predicted octanol–water partition coefficient (Wildman–Crippen LogP) is 1.79. The molecule has 22 heavy (non-hydrogen) atoms. The van der Waals surface area contributed by atoms with Gasteiger partial charge < -0.3 is 10.1 Å². The summed E-state index contributed by atoms with van der Waals surface area (Å²) in [5.41, 5.74) is 0.272. The van der Waals surface area contributed by atoms with E-state index >= 15 is 0 Å². The maximum Gasteiger partial charge on any atom is 0.275 e. The van der Waals surface area contributed by atoms with Crippen LogP contribution >= 0.6 is 11.6 Å². The van der Waals surface area contributed by atoms with Gasteiger partial charge in [0, 0.05) is 11.9 Å². The molecule has 7 nitrogen and oxygen atoms in total. The maximum absolute atomic E-state index is 12.2. The SMILES string of the molecule is COc1ccc(NC(=O)c2nc(S(C)(=O)=O)ncc2Cl)cc1. The molecule has 0 bridgehead atoms. The number of carbonyl (C=O) groups is 1. The minimum absolute atomic E-state index is 0.0431. The van der Waals surface area contributed by atoms with Gasteiger partial charge in [0.1, 0.15) is 5.75 Å². The van der Waals surface area contributed by atoms with Crippen molar-refractivity contribution in [3.63, 3.8) is 0 Å². The van der Waals surface area contributed by atoms with Crippen molar-refractivity contribution in [3.8, 4) is 5.75 Å². The topological polar surface area (TPSA) is 98.2 Å². The molecule has 1 N–H and O–H groups in total. The molecule has 1 aromatic heterocycles. The molecule has 0 atom stereocenters. The number of amides is 1. The highest BCUT2D eigenvalue weighted by atomic mass is 35.5. The molecule has 0 aliphatic carbocycles. The van der Waals surface area contributed by atoms with Crippen LogP contribution in [0.5, 0.6) is 5.75 Å². The first-order chi connectivity index (χ1) is 10.3. The summed E-state index contributed by atoms with van der Waals surface area (Å²) in [4.78, 5) is 19.5. The summed E-state index contributed by atoms with van der Waals surface area (Å²) in [5.74, 6) is -0.0000954. The van der Waals surface area contributed by atoms with Crippen LogP contribution in [0.3, 0.4) is 0 Å². The molecule has 0 spiro atoms. The van der Waals surface area contributed by atoms with Crippen LogP contribution in [0.15, 0.2) is 35.6 Å². The second-order valence-electron chi connectivity index (χ2n) is 4.30. The van der Waals surface area contributed by atoms with E-state index in [0.717, 1.165) is 12.5 Å². The van der Waals surface area contributed by atoms with Gasteiger partial charge in [-0.2, -0.15) is 0 Å². The van der Waals surface area contributed by atoms with Crippen LogP contribution in [0, 0.1) is 0 Å². The summed E-state index contributed by atoms with van der Waals surface area (Å²) in [6, 6.07) is 6.59. The molecule has 0 aliphatic rings. The fraction of sp³-hybridized carbons (Fsp3) is 0.154. The maximum atomic E-state index is 12.2. The summed E-state index contributed by atoms with van der Waals surface area (Å²) in [6.07, 6.45) is 2.02. The number of nitrogens with one attached hydrogen (secondary N) is 1. The first kappa shape index (κ1) is 16.2. The Hall–Kier alpha value is -2.19. The van der Waals surface area contributed by atoms with E-state index in [9.17, 15) is 13.2 Å². The van der Waals surface area contributed by atoms with Gasteiger partial charge in [-0.3, -0.25) is 4.79 Å². The van der Waals surface area contributed by atoms with Gasteiger partial charge in [0.2, 0.25) is 15.0 Å². The molecule has 0 radical (unpaired) electrons. The second-order valence-corrected chi connectivity index (χ2v) is 6.62. The third-order valence-corrected chi connectivity index (χ3v) is 3.75. The van der Waals surface area contributed by atoms with Crippen molar-refractivity contribution < 1.29 is 17.9 Å². The lowest BCUT2D eigenvalue weighted by atomic mass is 10.3. The number of halogens is 1. The van der Waals surface area contributed by atoms with Gasteiger partial charge in [-0.1, -0.05) is 11.6 Å². The summed E-state index contributed by atoms with van der Waals surface area (Å²) in [6.45, 7) is 0. The Bertz CT molecular complexity index is 807. The van der Waals surface area contributed by atoms with Crippen molar-refractivity contribution in [1.29, 1.82) is 0 Å². The number of ether oxygens (including phenoxy) is 1. The van der Waals surface area contributed by atoms with Gasteiger partial charge in [0.05, 0.1) is 18.3 Å². The first-order valence-corrected chi connectivity index (χ1v) is 8.26. The van der Waals surface area contributed by atoms with E-state index in [1.807, 2.05) is 0 Å². The van der Waals surface area contributed by atoms with Crippen molar-refractivity contribution in [1.82, 2.24) is 9.97 Å². The fourth-order valence-electron chi connectivity index (χ4n) is 1.55. The minimum atomic E-state index is -3.63. The Balaban J connectivity index is 2.28. The van der Waals surface area contributed by atoms with Crippen LogP contribution in [0.1, 0.15) is 10.5 Å². The van der Waals surface area contributed by atoms with Crippen molar-refractivity contribution in [2.75, 3.05) is 18.7 Å². The van der Waals surface area contributed by atoms with Gasteiger partial charge >= 0.3 is 0 Å². The molecule has 2 aromatic rings. The first-order valence-electron chi connectivity index (χ1n) is 5.99. The van der Waals surface area contributed by atoms with E-state index in [-0.39, 0.29) is 10.7 Å². The Morgan fingerprint density at radius 3 is 2.45 bits per heavy atom. The lowest BCUT2D eigenvalue weighted by Crippen LogP contribution is -2.17. The van der Waals surface area contributed by atoms with Crippen LogP contribution < -0.4 is 10.1 Å². The van der Waals surface area contributed by atoms with Gasteiger partial charge in [0.15, 0.2) is 5.69 Å². The molecule has 9 heteroatoms. The number of carbonyl (C=O) groups excluding carboxylic acids is 1. The highest BCUT2D eigenvalue weighted by molar-refractivity contribution is 7.90. The monoisotopic (exact) mass is 341 g/mol. The molecular weight excluding hydrogens is 330 g/mol. The van der Waals surface area contributed by atoms with E-state index in [1.54, 1.807) is 24.3 Å². The number of anilines is 1. The molecular formula is C13H12ClN3O4S. The van der Waals surface area contributed by atoms with Gasteiger partial charge in [-0.05, 0) is 24.3 Å². The zero-order valence-electron chi connectivity index (χ0n) is 11.7. The fourth-order valence-corrected chi connectivity index (χ4v) is 2.23. The lowest BCUT2D eigenvalue weighted by Gasteiger charge is -2.07. The average Bonchev–Trinajstić information content (AvgIpc) is 2.47. The number of benzene rings is 1. The predicted molar refractivity (Wildman–Crippen MR) is 81.1 cm³/mol. The van der Waals surface area contributed by atoms with Crippen molar-refractivity contribution in [2.45, 2.75) is 5.16 Å². The number of sulfone groups is 1. The van der Waals surface area contributed by atoms with Gasteiger partial charge in [0.25, 0.3) is 5.91 Å². The smallest absolute Gasteiger partial charge is 0.275 e. The summed E-state index contributed by atoms with van der Waals surface area (Å²) >= 11 is 5.85. The molecule has 0 aliphatic heterocycles. The number of rotatable bonds is 4. The van der Waals surface area contributed by atoms with Gasteiger partial charge in [-0.15, -0.1) is 0 Å². The highest BCUT2D eigenvalue weighted by Crippen LogP contribution is 2.18. The molecule has 1 heterocycles. The van der Waals surface area contributed by atoms with E-state index in [2.05, 4.69) is 15.3 Å². The van der Waals surface area contributed by atoms with Crippen LogP contribution in [-0.4, -0.2) is 37.7 Å². The average molecular weight is 342 g/mol. The zero-order chi connectivity index (χ0) is 16.3. The summed E-state index contributed by atoms with van der Waals surface area (Å²) < 4.78 is 27.9. The molecule has 2 rings (SSSR count). The van der Waals surface area contributed by atoms with Gasteiger partial charge in [-0.25, -0.2) is 18.4 Å². The lowest BCUT2D eigenvalue weighted by molar-refractivity contribution is 0.102. The van der Waals surface area contributed by atoms with E-state index in [1.165, 1.54) is 7.11 Å². The van der Waals surface area contributed by atoms with E-state index in [4.69, 9.17) is 16.3 Å². The van der Waals surface area contributed by atoms with Crippen molar-refractivity contribution >= 4 is 33.0 Å².